The van der Waals surface area contributed by atoms with Crippen molar-refractivity contribution in [3.8, 4) is 0 Å². The molecule has 26 heavy (non-hydrogen) atoms. The van der Waals surface area contributed by atoms with Crippen molar-refractivity contribution in [3.05, 3.63) is 12.0 Å². The number of hydrogen-bond donors (Lipinski definition) is 2. The van der Waals surface area contributed by atoms with Crippen molar-refractivity contribution in [2.75, 3.05) is 5.73 Å². The standard InChI is InChI=1S/C17H25N5O4/c1-6-8-10-11(26-17(4,5)25-10)15(24-8)22-14-9(13(18)19-7-20-14)12(21-22)16(2,3)23/h7-8,10-11,15,23H,6H2,1-5H3,(H2,18,19,20)/t8-,10-,11-,15-/m1/s1. The molecule has 3 N–H and O–H groups in total. The van der Waals surface area contributed by atoms with Gasteiger partial charge in [0, 0.05) is 0 Å². The van der Waals surface area contributed by atoms with Gasteiger partial charge in [-0.2, -0.15) is 5.10 Å². The third-order valence-electron chi connectivity index (χ3n) is 4.87. The van der Waals surface area contributed by atoms with Crippen LogP contribution in [-0.4, -0.2) is 49.0 Å². The summed E-state index contributed by atoms with van der Waals surface area (Å²) in [7, 11) is 0. The second kappa shape index (κ2) is 5.59. The fourth-order valence-electron chi connectivity index (χ4n) is 3.79. The van der Waals surface area contributed by atoms with Crippen LogP contribution in [-0.2, 0) is 19.8 Å². The van der Waals surface area contributed by atoms with E-state index < -0.39 is 17.6 Å². The summed E-state index contributed by atoms with van der Waals surface area (Å²) in [5.41, 5.74) is 5.75. The first kappa shape index (κ1) is 17.6. The molecule has 2 aliphatic rings. The number of nitrogens with zero attached hydrogens (tertiary/aromatic N) is 4. The smallest absolute Gasteiger partial charge is 0.181 e. The molecule has 2 aromatic heterocycles. The van der Waals surface area contributed by atoms with Gasteiger partial charge in [-0.25, -0.2) is 14.6 Å². The van der Waals surface area contributed by atoms with Crippen LogP contribution in [0.3, 0.4) is 0 Å². The first-order valence-electron chi connectivity index (χ1n) is 8.85. The van der Waals surface area contributed by atoms with E-state index in [0.717, 1.165) is 6.42 Å². The van der Waals surface area contributed by atoms with Crippen molar-refractivity contribution >= 4 is 16.9 Å². The minimum Gasteiger partial charge on any atom is -0.384 e. The summed E-state index contributed by atoms with van der Waals surface area (Å²) < 4.78 is 20.0. The van der Waals surface area contributed by atoms with Crippen molar-refractivity contribution < 1.29 is 19.3 Å². The van der Waals surface area contributed by atoms with E-state index in [-0.39, 0.29) is 24.1 Å². The average Bonchev–Trinajstić information content (AvgIpc) is 3.15. The molecule has 2 aliphatic heterocycles. The highest BCUT2D eigenvalue weighted by atomic mass is 16.8. The number of aromatic nitrogens is 4. The lowest BCUT2D eigenvalue weighted by Gasteiger charge is -2.24. The fraction of sp³-hybridized carbons (Fsp3) is 0.706. The molecule has 2 fully saturated rings. The summed E-state index contributed by atoms with van der Waals surface area (Å²) in [5.74, 6) is -0.426. The number of rotatable bonds is 3. The molecule has 0 saturated carbocycles. The van der Waals surface area contributed by atoms with Gasteiger partial charge < -0.3 is 25.1 Å². The Morgan fingerprint density at radius 2 is 1.96 bits per heavy atom. The largest absolute Gasteiger partial charge is 0.384 e. The minimum atomic E-state index is -1.21. The molecule has 0 aromatic carbocycles. The topological polar surface area (TPSA) is 118 Å². The van der Waals surface area contributed by atoms with Crippen molar-refractivity contribution in [2.45, 2.75) is 77.0 Å². The van der Waals surface area contributed by atoms with Gasteiger partial charge in [-0.15, -0.1) is 0 Å². The first-order chi connectivity index (χ1) is 12.1. The number of nitrogen functional groups attached to an aromatic ring is 1. The predicted octanol–water partition coefficient (Wildman–Crippen LogP) is 1.46. The van der Waals surface area contributed by atoms with Crippen molar-refractivity contribution in [2.24, 2.45) is 0 Å². The van der Waals surface area contributed by atoms with Crippen LogP contribution >= 0.6 is 0 Å². The Kier molecular flexibility index (Phi) is 3.78. The van der Waals surface area contributed by atoms with Gasteiger partial charge in [-0.3, -0.25) is 0 Å². The summed E-state index contributed by atoms with van der Waals surface area (Å²) in [6.45, 7) is 9.12. The molecular formula is C17H25N5O4. The Labute approximate surface area is 151 Å². The second-order valence-electron chi connectivity index (χ2n) is 7.85. The maximum absolute atomic E-state index is 10.6. The monoisotopic (exact) mass is 363 g/mol. The van der Waals surface area contributed by atoms with Gasteiger partial charge in [0.05, 0.1) is 11.5 Å². The molecule has 142 valence electrons. The van der Waals surface area contributed by atoms with Gasteiger partial charge in [0.25, 0.3) is 0 Å². The van der Waals surface area contributed by atoms with E-state index in [1.807, 2.05) is 20.8 Å². The average molecular weight is 363 g/mol. The van der Waals surface area contributed by atoms with Crippen LogP contribution in [0.2, 0.25) is 0 Å². The maximum atomic E-state index is 10.6. The first-order valence-corrected chi connectivity index (χ1v) is 8.85. The van der Waals surface area contributed by atoms with Crippen LogP contribution in [0.15, 0.2) is 6.33 Å². The lowest BCUT2D eigenvalue weighted by atomic mass is 10.0. The van der Waals surface area contributed by atoms with Crippen LogP contribution in [0.4, 0.5) is 5.82 Å². The quantitative estimate of drug-likeness (QED) is 0.842. The third-order valence-corrected chi connectivity index (χ3v) is 4.87. The summed E-state index contributed by atoms with van der Waals surface area (Å²) in [6.07, 6.45) is 0.999. The van der Waals surface area contributed by atoms with E-state index in [9.17, 15) is 5.11 Å². The molecule has 9 heteroatoms. The zero-order valence-electron chi connectivity index (χ0n) is 15.6. The van der Waals surface area contributed by atoms with Crippen LogP contribution < -0.4 is 5.73 Å². The highest BCUT2D eigenvalue weighted by molar-refractivity contribution is 5.88. The van der Waals surface area contributed by atoms with E-state index in [1.54, 1.807) is 18.5 Å². The van der Waals surface area contributed by atoms with Crippen LogP contribution in [0.5, 0.6) is 0 Å². The molecule has 0 aliphatic carbocycles. The Morgan fingerprint density at radius 3 is 2.62 bits per heavy atom. The van der Waals surface area contributed by atoms with E-state index >= 15 is 0 Å². The van der Waals surface area contributed by atoms with E-state index in [0.29, 0.717) is 16.7 Å². The number of ether oxygens (including phenoxy) is 3. The Bertz CT molecular complexity index is 844. The zero-order valence-corrected chi connectivity index (χ0v) is 15.6. The molecule has 4 rings (SSSR count). The van der Waals surface area contributed by atoms with Crippen LogP contribution in [0.1, 0.15) is 53.0 Å². The summed E-state index contributed by atoms with van der Waals surface area (Å²) in [6, 6.07) is 0. The van der Waals surface area contributed by atoms with Crippen molar-refractivity contribution in [1.29, 1.82) is 0 Å². The Hall–Kier alpha value is -1.81. The number of hydrogen-bond acceptors (Lipinski definition) is 8. The second-order valence-corrected chi connectivity index (χ2v) is 7.85. The third kappa shape index (κ3) is 2.58. The molecule has 9 nitrogen and oxygen atoms in total. The molecule has 2 aromatic rings. The van der Waals surface area contributed by atoms with Gasteiger partial charge >= 0.3 is 0 Å². The lowest BCUT2D eigenvalue weighted by molar-refractivity contribution is -0.197. The molecule has 2 saturated heterocycles. The number of nitrogens with two attached hydrogens (primary N) is 1. The minimum absolute atomic E-state index is 0.115. The molecule has 0 bridgehead atoms. The number of fused-ring (bicyclic) bond motifs is 2. The van der Waals surface area contributed by atoms with E-state index in [4.69, 9.17) is 19.9 Å². The zero-order chi connectivity index (χ0) is 18.9. The van der Waals surface area contributed by atoms with Crippen LogP contribution in [0.25, 0.3) is 11.0 Å². The Balaban J connectivity index is 1.86. The summed E-state index contributed by atoms with van der Waals surface area (Å²) >= 11 is 0. The van der Waals surface area contributed by atoms with Crippen molar-refractivity contribution in [3.63, 3.8) is 0 Å². The Morgan fingerprint density at radius 1 is 1.27 bits per heavy atom. The van der Waals surface area contributed by atoms with Gasteiger partial charge in [-0.1, -0.05) is 6.92 Å². The van der Waals surface area contributed by atoms with Gasteiger partial charge in [0.1, 0.15) is 35.6 Å². The molecule has 0 unspecified atom stereocenters. The maximum Gasteiger partial charge on any atom is 0.181 e. The molecule has 0 spiro atoms. The van der Waals surface area contributed by atoms with E-state index in [2.05, 4.69) is 15.1 Å². The molecule has 4 heterocycles. The van der Waals surface area contributed by atoms with Crippen molar-refractivity contribution in [1.82, 2.24) is 19.7 Å². The molecule has 0 radical (unpaired) electrons. The number of anilines is 1. The highest BCUT2D eigenvalue weighted by Gasteiger charge is 2.56. The number of aliphatic hydroxyl groups is 1. The molecule has 4 atom stereocenters. The van der Waals surface area contributed by atoms with Gasteiger partial charge in [0.2, 0.25) is 0 Å². The lowest BCUT2D eigenvalue weighted by Crippen LogP contribution is -2.29. The fourth-order valence-corrected chi connectivity index (χ4v) is 3.79. The SMILES string of the molecule is CC[C@H]1O[C@@H](n2nc(C(C)(C)O)c3c(N)ncnc32)[C@@H]2OC(C)(C)O[C@@H]21. The summed E-state index contributed by atoms with van der Waals surface area (Å²) in [5, 5.41) is 15.7. The van der Waals surface area contributed by atoms with E-state index in [1.165, 1.54) is 6.33 Å². The highest BCUT2D eigenvalue weighted by Crippen LogP contribution is 2.45. The van der Waals surface area contributed by atoms with Crippen LogP contribution in [0, 0.1) is 0 Å². The molecule has 0 amide bonds. The predicted molar refractivity (Wildman–Crippen MR) is 93.0 cm³/mol. The van der Waals surface area contributed by atoms with Gasteiger partial charge in [0.15, 0.2) is 17.7 Å². The molecular weight excluding hydrogens is 338 g/mol. The summed E-state index contributed by atoms with van der Waals surface area (Å²) in [4.78, 5) is 8.39. The van der Waals surface area contributed by atoms with Gasteiger partial charge in [-0.05, 0) is 34.1 Å². The normalized spacial score (nSPS) is 30.8.